The first-order chi connectivity index (χ1) is 14.4. The second-order valence-corrected chi connectivity index (χ2v) is 7.11. The van der Waals surface area contributed by atoms with Gasteiger partial charge in [-0.25, -0.2) is 4.99 Å². The summed E-state index contributed by atoms with van der Waals surface area (Å²) in [6, 6.07) is 14.8. The average molecular weight is 406 g/mol. The molecule has 0 atom stereocenters. The van der Waals surface area contributed by atoms with Crippen LogP contribution in [0.1, 0.15) is 32.9 Å². The highest BCUT2D eigenvalue weighted by Crippen LogP contribution is 2.15. The summed E-state index contributed by atoms with van der Waals surface area (Å²) in [5, 5.41) is 10.5. The predicted molar refractivity (Wildman–Crippen MR) is 119 cm³/mol. The fraction of sp³-hybridized carbons (Fsp3) is 0.261. The molecule has 30 heavy (non-hydrogen) atoms. The maximum Gasteiger partial charge on any atom is 0.257 e. The van der Waals surface area contributed by atoms with Crippen molar-refractivity contribution in [1.82, 2.24) is 15.1 Å². The molecule has 0 saturated heterocycles. The number of ether oxygens (including phenoxy) is 1. The fourth-order valence-corrected chi connectivity index (χ4v) is 3.01. The van der Waals surface area contributed by atoms with Crippen molar-refractivity contribution in [3.63, 3.8) is 0 Å². The Morgan fingerprint density at radius 3 is 2.30 bits per heavy atom. The zero-order valence-electron chi connectivity index (χ0n) is 18.0. The molecule has 7 nitrogen and oxygen atoms in total. The maximum atomic E-state index is 12.8. The van der Waals surface area contributed by atoms with Gasteiger partial charge in [-0.1, -0.05) is 17.7 Å². The third-order valence-electron chi connectivity index (χ3n) is 4.95. The summed E-state index contributed by atoms with van der Waals surface area (Å²) in [6.45, 7) is 6.40. The molecule has 1 aromatic heterocycles. The summed E-state index contributed by atoms with van der Waals surface area (Å²) in [5.74, 6) is 0.818. The molecule has 0 aliphatic heterocycles. The highest BCUT2D eigenvalue weighted by atomic mass is 16.5. The van der Waals surface area contributed by atoms with Gasteiger partial charge in [-0.2, -0.15) is 5.10 Å². The maximum absolute atomic E-state index is 12.8. The van der Waals surface area contributed by atoms with Gasteiger partial charge in [0.05, 0.1) is 19.3 Å². The van der Waals surface area contributed by atoms with Crippen LogP contribution < -0.4 is 15.4 Å². The molecule has 0 bridgehead atoms. The van der Waals surface area contributed by atoms with Crippen molar-refractivity contribution in [2.75, 3.05) is 12.4 Å². The van der Waals surface area contributed by atoms with Gasteiger partial charge >= 0.3 is 0 Å². The molecular formula is C23H27N5O2. The molecule has 0 radical (unpaired) electrons. The lowest BCUT2D eigenvalue weighted by molar-refractivity contribution is 0.0977. The number of hydrogen-bond donors (Lipinski definition) is 2. The lowest BCUT2D eigenvalue weighted by Gasteiger charge is -2.12. The molecule has 156 valence electrons. The van der Waals surface area contributed by atoms with Gasteiger partial charge < -0.3 is 10.1 Å². The van der Waals surface area contributed by atoms with E-state index in [9.17, 15) is 4.79 Å². The Morgan fingerprint density at radius 2 is 1.73 bits per heavy atom. The van der Waals surface area contributed by atoms with Crippen molar-refractivity contribution < 1.29 is 9.53 Å². The monoisotopic (exact) mass is 405 g/mol. The van der Waals surface area contributed by atoms with Crippen LogP contribution in [0.2, 0.25) is 0 Å². The largest absolute Gasteiger partial charge is 0.497 e. The molecule has 0 aliphatic carbocycles. The predicted octanol–water partition coefficient (Wildman–Crippen LogP) is 3.75. The van der Waals surface area contributed by atoms with Gasteiger partial charge in [0.25, 0.3) is 5.91 Å². The molecule has 7 heteroatoms. The molecule has 2 aromatic carbocycles. The molecule has 0 unspecified atom stereocenters. The van der Waals surface area contributed by atoms with Crippen molar-refractivity contribution in [2.45, 2.75) is 27.3 Å². The molecule has 0 aliphatic rings. The van der Waals surface area contributed by atoms with Gasteiger partial charge in [0.15, 0.2) is 0 Å². The lowest BCUT2D eigenvalue weighted by Crippen LogP contribution is -2.36. The molecule has 0 fully saturated rings. The number of benzene rings is 2. The van der Waals surface area contributed by atoms with E-state index in [4.69, 9.17) is 4.74 Å². The first-order valence-electron chi connectivity index (χ1n) is 9.70. The number of nitrogens with zero attached hydrogens (tertiary/aromatic N) is 3. The van der Waals surface area contributed by atoms with E-state index in [1.165, 1.54) is 0 Å². The van der Waals surface area contributed by atoms with Crippen molar-refractivity contribution in [3.05, 3.63) is 76.6 Å². The van der Waals surface area contributed by atoms with E-state index >= 15 is 0 Å². The van der Waals surface area contributed by atoms with Crippen LogP contribution in [-0.2, 0) is 13.6 Å². The minimum absolute atomic E-state index is 0.254. The Kier molecular flexibility index (Phi) is 6.51. The Bertz CT molecular complexity index is 1050. The minimum Gasteiger partial charge on any atom is -0.497 e. The summed E-state index contributed by atoms with van der Waals surface area (Å²) >= 11 is 0. The van der Waals surface area contributed by atoms with E-state index in [0.717, 1.165) is 28.2 Å². The third kappa shape index (κ3) is 5.05. The van der Waals surface area contributed by atoms with Gasteiger partial charge in [0, 0.05) is 29.6 Å². The number of carbonyl (C=O) groups is 1. The highest BCUT2D eigenvalue weighted by molar-refractivity contribution is 6.10. The van der Waals surface area contributed by atoms with E-state index in [-0.39, 0.29) is 5.91 Å². The van der Waals surface area contributed by atoms with Crippen molar-refractivity contribution >= 4 is 17.6 Å². The quantitative estimate of drug-likeness (QED) is 0.500. The van der Waals surface area contributed by atoms with E-state index in [0.29, 0.717) is 23.8 Å². The van der Waals surface area contributed by atoms with E-state index < -0.39 is 0 Å². The van der Waals surface area contributed by atoms with Crippen LogP contribution >= 0.6 is 0 Å². The molecule has 0 saturated carbocycles. The number of rotatable bonds is 5. The second-order valence-electron chi connectivity index (χ2n) is 7.11. The Morgan fingerprint density at radius 1 is 1.07 bits per heavy atom. The van der Waals surface area contributed by atoms with Gasteiger partial charge in [0.1, 0.15) is 5.75 Å². The van der Waals surface area contributed by atoms with Crippen molar-refractivity contribution in [2.24, 2.45) is 12.0 Å². The fourth-order valence-electron chi connectivity index (χ4n) is 3.01. The summed E-state index contributed by atoms with van der Waals surface area (Å²) in [5.41, 5.74) is 5.53. The number of aliphatic imine (C=N–C) groups is 1. The van der Waals surface area contributed by atoms with Crippen molar-refractivity contribution in [3.8, 4) is 5.75 Å². The highest BCUT2D eigenvalue weighted by Gasteiger charge is 2.12. The first kappa shape index (κ1) is 21.1. The van der Waals surface area contributed by atoms with Crippen molar-refractivity contribution in [1.29, 1.82) is 0 Å². The summed E-state index contributed by atoms with van der Waals surface area (Å²) in [6.07, 6.45) is 0. The molecule has 1 amide bonds. The number of aryl methyl sites for hydroxylation is 3. The van der Waals surface area contributed by atoms with Crippen LogP contribution in [-0.4, -0.2) is 28.8 Å². The number of aromatic nitrogens is 2. The number of carbonyl (C=O) groups excluding carboxylic acids is 1. The number of anilines is 1. The topological polar surface area (TPSA) is 80.5 Å². The third-order valence-corrected chi connectivity index (χ3v) is 4.95. The molecule has 3 rings (SSSR count). The normalized spacial score (nSPS) is 11.3. The van der Waals surface area contributed by atoms with Gasteiger partial charge in [-0.3, -0.25) is 14.8 Å². The summed E-state index contributed by atoms with van der Waals surface area (Å²) in [4.78, 5) is 17.4. The molecular weight excluding hydrogens is 378 g/mol. The molecule has 2 N–H and O–H groups in total. The van der Waals surface area contributed by atoms with Gasteiger partial charge in [0.2, 0.25) is 5.96 Å². The minimum atomic E-state index is -0.254. The first-order valence-corrected chi connectivity index (χ1v) is 9.70. The second kappa shape index (κ2) is 9.26. The van der Waals surface area contributed by atoms with Crippen LogP contribution in [0.3, 0.4) is 0 Å². The SMILES string of the molecule is COc1ccc(C(=O)NC(=NCc2c(C)nn(C)c2C)Nc2ccc(C)cc2)cc1. The molecule has 0 spiro atoms. The number of nitrogens with one attached hydrogen (secondary N) is 2. The number of guanidine groups is 1. The van der Waals surface area contributed by atoms with Crippen LogP contribution in [0.25, 0.3) is 0 Å². The number of methoxy groups -OCH3 is 1. The zero-order chi connectivity index (χ0) is 21.7. The smallest absolute Gasteiger partial charge is 0.257 e. The van der Waals surface area contributed by atoms with Crippen LogP contribution in [0.15, 0.2) is 53.5 Å². The number of hydrogen-bond acceptors (Lipinski definition) is 4. The zero-order valence-corrected chi connectivity index (χ0v) is 18.0. The Labute approximate surface area is 176 Å². The summed E-state index contributed by atoms with van der Waals surface area (Å²) in [7, 11) is 3.50. The molecule has 1 heterocycles. The average Bonchev–Trinajstić information content (AvgIpc) is 2.99. The number of amides is 1. The van der Waals surface area contributed by atoms with Crippen LogP contribution in [0.5, 0.6) is 5.75 Å². The van der Waals surface area contributed by atoms with Crippen LogP contribution in [0, 0.1) is 20.8 Å². The molecule has 3 aromatic rings. The van der Waals surface area contributed by atoms with Gasteiger partial charge in [-0.05, 0) is 57.2 Å². The van der Waals surface area contributed by atoms with E-state index in [2.05, 4.69) is 20.7 Å². The summed E-state index contributed by atoms with van der Waals surface area (Å²) < 4.78 is 6.99. The van der Waals surface area contributed by atoms with E-state index in [1.54, 1.807) is 31.4 Å². The Hall–Kier alpha value is -3.61. The van der Waals surface area contributed by atoms with Gasteiger partial charge in [-0.15, -0.1) is 0 Å². The van der Waals surface area contributed by atoms with Crippen LogP contribution in [0.4, 0.5) is 5.69 Å². The lowest BCUT2D eigenvalue weighted by atomic mass is 10.2. The Balaban J connectivity index is 1.83. The van der Waals surface area contributed by atoms with E-state index in [1.807, 2.05) is 56.8 Å². The standard InChI is InChI=1S/C23H27N5O2/c1-15-6-10-19(11-7-15)25-23(24-14-21-16(2)27-28(4)17(21)3)26-22(29)18-8-12-20(30-5)13-9-18/h6-13H,14H2,1-5H3,(H2,24,25,26,29).